The maximum Gasteiger partial charge on any atom is 0.306 e. The van der Waals surface area contributed by atoms with E-state index in [9.17, 15) is 9.59 Å². The van der Waals surface area contributed by atoms with Crippen molar-refractivity contribution in [2.45, 2.75) is 32.1 Å². The van der Waals surface area contributed by atoms with Gasteiger partial charge in [0.2, 0.25) is 0 Å². The van der Waals surface area contributed by atoms with Gasteiger partial charge in [-0.15, -0.1) is 0 Å². The van der Waals surface area contributed by atoms with Gasteiger partial charge in [-0.3, -0.25) is 9.59 Å². The van der Waals surface area contributed by atoms with Gasteiger partial charge in [0, 0.05) is 12.1 Å². The molecular weight excluding hydrogens is 330 g/mol. The van der Waals surface area contributed by atoms with Gasteiger partial charge in [-0.2, -0.15) is 0 Å². The van der Waals surface area contributed by atoms with Gasteiger partial charge in [0.15, 0.2) is 6.61 Å². The molecule has 1 amide bonds. The molecule has 0 spiro atoms. The van der Waals surface area contributed by atoms with E-state index in [0.29, 0.717) is 34.7 Å². The fourth-order valence-electron chi connectivity index (χ4n) is 3.99. The van der Waals surface area contributed by atoms with Crippen molar-refractivity contribution in [2.75, 3.05) is 19.0 Å². The molecule has 0 aromatic heterocycles. The van der Waals surface area contributed by atoms with E-state index < -0.39 is 0 Å². The Balaban J connectivity index is 1.42. The first kappa shape index (κ1) is 17.1. The van der Waals surface area contributed by atoms with E-state index in [-0.39, 0.29) is 18.5 Å². The van der Waals surface area contributed by atoms with Crippen molar-refractivity contribution in [3.63, 3.8) is 0 Å². The Labute approximate surface area is 146 Å². The Kier molecular flexibility index (Phi) is 5.29. The van der Waals surface area contributed by atoms with Crippen LogP contribution in [0.4, 0.5) is 5.69 Å². The highest BCUT2D eigenvalue weighted by Crippen LogP contribution is 2.49. The molecule has 3 rings (SSSR count). The van der Waals surface area contributed by atoms with Crippen LogP contribution in [0, 0.1) is 17.8 Å². The molecule has 2 saturated carbocycles. The average molecular weight is 352 g/mol. The van der Waals surface area contributed by atoms with E-state index in [0.717, 1.165) is 12.3 Å². The van der Waals surface area contributed by atoms with Crippen molar-refractivity contribution >= 4 is 29.2 Å². The van der Waals surface area contributed by atoms with Crippen LogP contribution in [0.1, 0.15) is 32.1 Å². The summed E-state index contributed by atoms with van der Waals surface area (Å²) in [4.78, 5) is 23.8. The zero-order chi connectivity index (χ0) is 17.1. The summed E-state index contributed by atoms with van der Waals surface area (Å²) in [6, 6.07) is 4.94. The highest BCUT2D eigenvalue weighted by Gasteiger charge is 2.40. The van der Waals surface area contributed by atoms with Gasteiger partial charge in [-0.25, -0.2) is 0 Å². The fourth-order valence-corrected chi connectivity index (χ4v) is 4.24. The first-order chi connectivity index (χ1) is 11.5. The molecule has 6 heteroatoms. The van der Waals surface area contributed by atoms with Gasteiger partial charge in [-0.1, -0.05) is 18.0 Å². The Morgan fingerprint density at radius 2 is 2.12 bits per heavy atom. The van der Waals surface area contributed by atoms with E-state index in [1.807, 2.05) is 0 Å². The van der Waals surface area contributed by atoms with Gasteiger partial charge in [0.1, 0.15) is 5.75 Å². The zero-order valence-electron chi connectivity index (χ0n) is 13.7. The second kappa shape index (κ2) is 7.43. The van der Waals surface area contributed by atoms with Crippen LogP contribution < -0.4 is 10.1 Å². The third kappa shape index (κ3) is 4.01. The first-order valence-corrected chi connectivity index (χ1v) is 8.72. The van der Waals surface area contributed by atoms with Crippen LogP contribution in [0.15, 0.2) is 18.2 Å². The molecule has 1 aromatic carbocycles. The van der Waals surface area contributed by atoms with Crippen molar-refractivity contribution in [3.05, 3.63) is 23.2 Å². The normalized spacial score (nSPS) is 24.7. The number of halogens is 1. The van der Waals surface area contributed by atoms with Crippen molar-refractivity contribution < 1.29 is 19.1 Å². The molecule has 2 aliphatic rings. The lowest BCUT2D eigenvalue weighted by molar-refractivity contribution is -0.148. The number of hydrogen-bond donors (Lipinski definition) is 1. The molecule has 5 nitrogen and oxygen atoms in total. The van der Waals surface area contributed by atoms with Gasteiger partial charge in [0.05, 0.1) is 12.1 Å². The van der Waals surface area contributed by atoms with Crippen LogP contribution in [0.3, 0.4) is 0 Å². The lowest BCUT2D eigenvalue weighted by atomic mass is 9.86. The summed E-state index contributed by atoms with van der Waals surface area (Å²) < 4.78 is 10.2. The third-order valence-electron chi connectivity index (χ3n) is 5.11. The number of hydrogen-bond acceptors (Lipinski definition) is 4. The smallest absolute Gasteiger partial charge is 0.306 e. The summed E-state index contributed by atoms with van der Waals surface area (Å²) in [5.41, 5.74) is 0.537. The average Bonchev–Trinajstić information content (AvgIpc) is 3.16. The Hall–Kier alpha value is -1.75. The van der Waals surface area contributed by atoms with Crippen LogP contribution in [0.5, 0.6) is 5.75 Å². The standard InChI is InChI=1S/C18H22ClNO4/c1-23-16-5-4-14(9-15(16)19)20-17(21)10-24-18(22)8-13-7-11-2-3-12(13)6-11/h4-5,9,11-13H,2-3,6-8,10H2,1H3,(H,20,21)/t11-,12-,13+/m0/s1. The summed E-state index contributed by atoms with van der Waals surface area (Å²) in [5, 5.41) is 3.06. The molecule has 130 valence electrons. The van der Waals surface area contributed by atoms with Crippen LogP contribution >= 0.6 is 11.6 Å². The van der Waals surface area contributed by atoms with Gasteiger partial charge < -0.3 is 14.8 Å². The number of carbonyl (C=O) groups excluding carboxylic acids is 2. The summed E-state index contributed by atoms with van der Waals surface area (Å²) in [5.74, 6) is 1.80. The molecule has 0 radical (unpaired) electrons. The van der Waals surface area contributed by atoms with Gasteiger partial charge in [-0.05, 0) is 55.2 Å². The summed E-state index contributed by atoms with van der Waals surface area (Å²) in [6.45, 7) is -0.275. The number of amides is 1. The van der Waals surface area contributed by atoms with Crippen molar-refractivity contribution in [2.24, 2.45) is 17.8 Å². The van der Waals surface area contributed by atoms with E-state index in [1.165, 1.54) is 26.4 Å². The van der Waals surface area contributed by atoms with Crippen molar-refractivity contribution in [1.29, 1.82) is 0 Å². The van der Waals surface area contributed by atoms with Crippen molar-refractivity contribution in [1.82, 2.24) is 0 Å². The Morgan fingerprint density at radius 1 is 1.29 bits per heavy atom. The minimum absolute atomic E-state index is 0.275. The molecule has 1 N–H and O–H groups in total. The van der Waals surface area contributed by atoms with Crippen molar-refractivity contribution in [3.8, 4) is 5.75 Å². The molecule has 1 aromatic rings. The lowest BCUT2D eigenvalue weighted by Crippen LogP contribution is -2.23. The minimum Gasteiger partial charge on any atom is -0.495 e. The molecule has 0 heterocycles. The second-order valence-corrected chi connectivity index (χ2v) is 7.10. The number of rotatable bonds is 6. The number of benzene rings is 1. The SMILES string of the molecule is COc1ccc(NC(=O)COC(=O)C[C@H]2C[C@H]3CC[C@H]2C3)cc1Cl. The molecule has 24 heavy (non-hydrogen) atoms. The number of nitrogens with one attached hydrogen (secondary N) is 1. The number of methoxy groups -OCH3 is 1. The number of fused-ring (bicyclic) bond motifs is 2. The predicted molar refractivity (Wildman–Crippen MR) is 91.1 cm³/mol. The van der Waals surface area contributed by atoms with E-state index in [1.54, 1.807) is 18.2 Å². The summed E-state index contributed by atoms with van der Waals surface area (Å²) >= 11 is 6.00. The number of ether oxygens (including phenoxy) is 2. The van der Waals surface area contributed by atoms with Crippen LogP contribution in [-0.2, 0) is 14.3 Å². The molecule has 2 bridgehead atoms. The van der Waals surface area contributed by atoms with Crippen LogP contribution in [0.2, 0.25) is 5.02 Å². The molecule has 0 aliphatic heterocycles. The van der Waals surface area contributed by atoms with Crippen LogP contribution in [0.25, 0.3) is 0 Å². The Bertz CT molecular complexity index is 633. The maximum absolute atomic E-state index is 11.9. The van der Waals surface area contributed by atoms with Crippen LogP contribution in [-0.4, -0.2) is 25.6 Å². The topological polar surface area (TPSA) is 64.6 Å². The largest absolute Gasteiger partial charge is 0.495 e. The zero-order valence-corrected chi connectivity index (χ0v) is 14.5. The van der Waals surface area contributed by atoms with E-state index >= 15 is 0 Å². The monoisotopic (exact) mass is 351 g/mol. The fraction of sp³-hybridized carbons (Fsp3) is 0.556. The second-order valence-electron chi connectivity index (χ2n) is 6.70. The number of esters is 1. The van der Waals surface area contributed by atoms with E-state index in [2.05, 4.69) is 5.32 Å². The Morgan fingerprint density at radius 3 is 2.75 bits per heavy atom. The molecular formula is C18H22ClNO4. The summed E-state index contributed by atoms with van der Waals surface area (Å²) in [7, 11) is 1.52. The van der Waals surface area contributed by atoms with Gasteiger partial charge >= 0.3 is 5.97 Å². The van der Waals surface area contributed by atoms with Gasteiger partial charge in [0.25, 0.3) is 5.91 Å². The first-order valence-electron chi connectivity index (χ1n) is 8.34. The molecule has 0 unspecified atom stereocenters. The lowest BCUT2D eigenvalue weighted by Gasteiger charge is -2.20. The maximum atomic E-state index is 11.9. The molecule has 3 atom stereocenters. The summed E-state index contributed by atoms with van der Waals surface area (Å²) in [6.07, 6.45) is 5.38. The van der Waals surface area contributed by atoms with E-state index in [4.69, 9.17) is 21.1 Å². The molecule has 2 aliphatic carbocycles. The third-order valence-corrected chi connectivity index (χ3v) is 5.41. The number of carbonyl (C=O) groups is 2. The predicted octanol–water partition coefficient (Wildman–Crippen LogP) is 3.66. The number of anilines is 1. The highest BCUT2D eigenvalue weighted by atomic mass is 35.5. The molecule has 0 saturated heterocycles. The molecule has 2 fully saturated rings. The highest BCUT2D eigenvalue weighted by molar-refractivity contribution is 6.32. The minimum atomic E-state index is -0.377. The quantitative estimate of drug-likeness (QED) is 0.794.